The summed E-state index contributed by atoms with van der Waals surface area (Å²) in [6, 6.07) is 26.7. The fourth-order valence-electron chi connectivity index (χ4n) is 2.53. The quantitative estimate of drug-likeness (QED) is 0.714. The molecule has 3 nitrogen and oxygen atoms in total. The minimum atomic E-state index is -0.107. The molecule has 0 aliphatic rings. The van der Waals surface area contributed by atoms with Crippen LogP contribution in [0, 0.1) is 11.3 Å². The van der Waals surface area contributed by atoms with Gasteiger partial charge in [-0.15, -0.1) is 0 Å². The van der Waals surface area contributed by atoms with Crippen molar-refractivity contribution in [3.8, 4) is 17.2 Å². The lowest BCUT2D eigenvalue weighted by Crippen LogP contribution is -2.26. The molecule has 0 unspecified atom stereocenters. The van der Waals surface area contributed by atoms with Crippen LogP contribution >= 0.6 is 0 Å². The molecule has 0 aliphatic heterocycles. The highest BCUT2D eigenvalue weighted by atomic mass is 16.2. The van der Waals surface area contributed by atoms with Crippen LogP contribution in [0.1, 0.15) is 15.9 Å². The van der Waals surface area contributed by atoms with E-state index in [1.54, 1.807) is 30.1 Å². The Morgan fingerprint density at radius 3 is 2.21 bits per heavy atom. The summed E-state index contributed by atoms with van der Waals surface area (Å²) in [6.07, 6.45) is 0. The molecule has 24 heavy (non-hydrogen) atoms. The van der Waals surface area contributed by atoms with Crippen molar-refractivity contribution in [3.63, 3.8) is 0 Å². The number of amides is 1. The van der Waals surface area contributed by atoms with Gasteiger partial charge in [-0.1, -0.05) is 48.5 Å². The highest BCUT2D eigenvalue weighted by Gasteiger charge is 2.14. The standard InChI is InChI=1S/C21H16N2O/c1-23(20-9-5-6-16(14-20)15-22)21(24)19-12-10-18(11-13-19)17-7-3-2-4-8-17/h2-14H,1H3. The Bertz CT molecular complexity index is 893. The molecule has 0 saturated heterocycles. The van der Waals surface area contributed by atoms with Gasteiger partial charge in [0.25, 0.3) is 5.91 Å². The first-order valence-corrected chi connectivity index (χ1v) is 7.63. The number of hydrogen-bond donors (Lipinski definition) is 0. The van der Waals surface area contributed by atoms with Gasteiger partial charge in [-0.05, 0) is 41.5 Å². The monoisotopic (exact) mass is 312 g/mol. The van der Waals surface area contributed by atoms with Crippen molar-refractivity contribution in [1.82, 2.24) is 0 Å². The Hall–Kier alpha value is -3.38. The van der Waals surface area contributed by atoms with E-state index in [0.29, 0.717) is 16.8 Å². The van der Waals surface area contributed by atoms with Crippen molar-refractivity contribution in [2.24, 2.45) is 0 Å². The molecule has 3 heteroatoms. The Morgan fingerprint density at radius 1 is 0.875 bits per heavy atom. The fourth-order valence-corrected chi connectivity index (χ4v) is 2.53. The molecule has 0 spiro atoms. The third-order valence-corrected chi connectivity index (χ3v) is 3.91. The van der Waals surface area contributed by atoms with Crippen molar-refractivity contribution in [2.45, 2.75) is 0 Å². The molecule has 0 radical (unpaired) electrons. The summed E-state index contributed by atoms with van der Waals surface area (Å²) in [7, 11) is 1.71. The van der Waals surface area contributed by atoms with Gasteiger partial charge in [0.2, 0.25) is 0 Å². The zero-order chi connectivity index (χ0) is 16.9. The number of anilines is 1. The Morgan fingerprint density at radius 2 is 1.54 bits per heavy atom. The molecule has 0 fully saturated rings. The molecular weight excluding hydrogens is 296 g/mol. The topological polar surface area (TPSA) is 44.1 Å². The average molecular weight is 312 g/mol. The van der Waals surface area contributed by atoms with Crippen molar-refractivity contribution in [2.75, 3.05) is 11.9 Å². The van der Waals surface area contributed by atoms with Crippen LogP contribution in [0.4, 0.5) is 5.69 Å². The van der Waals surface area contributed by atoms with E-state index in [9.17, 15) is 4.79 Å². The summed E-state index contributed by atoms with van der Waals surface area (Å²) >= 11 is 0. The van der Waals surface area contributed by atoms with Crippen LogP contribution in [0.5, 0.6) is 0 Å². The Kier molecular flexibility index (Phi) is 4.40. The molecule has 0 saturated carbocycles. The number of benzene rings is 3. The lowest BCUT2D eigenvalue weighted by Gasteiger charge is -2.17. The number of carbonyl (C=O) groups excluding carboxylic acids is 1. The van der Waals surface area contributed by atoms with Gasteiger partial charge in [0.05, 0.1) is 11.6 Å². The molecule has 3 aromatic rings. The maximum atomic E-state index is 12.6. The zero-order valence-electron chi connectivity index (χ0n) is 13.3. The van der Waals surface area contributed by atoms with Crippen molar-refractivity contribution < 1.29 is 4.79 Å². The third-order valence-electron chi connectivity index (χ3n) is 3.91. The minimum absolute atomic E-state index is 0.107. The van der Waals surface area contributed by atoms with E-state index in [-0.39, 0.29) is 5.91 Å². The molecule has 0 atom stereocenters. The summed E-state index contributed by atoms with van der Waals surface area (Å²) in [4.78, 5) is 14.2. The highest BCUT2D eigenvalue weighted by molar-refractivity contribution is 6.06. The van der Waals surface area contributed by atoms with Crippen LogP contribution in [-0.2, 0) is 0 Å². The van der Waals surface area contributed by atoms with Gasteiger partial charge < -0.3 is 4.90 Å². The average Bonchev–Trinajstić information content (AvgIpc) is 2.67. The van der Waals surface area contributed by atoms with Crippen molar-refractivity contribution in [3.05, 3.63) is 90.0 Å². The van der Waals surface area contributed by atoms with Crippen LogP contribution in [0.3, 0.4) is 0 Å². The number of carbonyl (C=O) groups is 1. The van der Waals surface area contributed by atoms with Crippen molar-refractivity contribution >= 4 is 11.6 Å². The molecule has 3 rings (SSSR count). The third kappa shape index (κ3) is 3.18. The molecule has 0 aliphatic carbocycles. The summed E-state index contributed by atoms with van der Waals surface area (Å²) in [5, 5.41) is 8.98. The van der Waals surface area contributed by atoms with E-state index < -0.39 is 0 Å². The molecule has 3 aromatic carbocycles. The summed E-state index contributed by atoms with van der Waals surface area (Å²) in [6.45, 7) is 0. The second kappa shape index (κ2) is 6.80. The molecule has 0 N–H and O–H groups in total. The van der Waals surface area contributed by atoms with Crippen LogP contribution in [0.15, 0.2) is 78.9 Å². The maximum Gasteiger partial charge on any atom is 0.258 e. The zero-order valence-corrected chi connectivity index (χ0v) is 13.3. The second-order valence-corrected chi connectivity index (χ2v) is 5.47. The number of rotatable bonds is 3. The Balaban J connectivity index is 1.83. The first-order chi connectivity index (χ1) is 11.7. The van der Waals surface area contributed by atoms with E-state index in [2.05, 4.69) is 6.07 Å². The number of nitriles is 1. The van der Waals surface area contributed by atoms with E-state index >= 15 is 0 Å². The smallest absolute Gasteiger partial charge is 0.258 e. The molecule has 0 heterocycles. The van der Waals surface area contributed by atoms with Crippen LogP contribution in [0.2, 0.25) is 0 Å². The number of hydrogen-bond acceptors (Lipinski definition) is 2. The largest absolute Gasteiger partial charge is 0.311 e. The normalized spacial score (nSPS) is 10.0. The van der Waals surface area contributed by atoms with Crippen LogP contribution in [-0.4, -0.2) is 13.0 Å². The molecular formula is C21H16N2O. The van der Waals surface area contributed by atoms with E-state index in [1.165, 1.54) is 0 Å². The van der Waals surface area contributed by atoms with Gasteiger partial charge in [0.15, 0.2) is 0 Å². The van der Waals surface area contributed by atoms with Gasteiger partial charge in [0, 0.05) is 18.3 Å². The summed E-state index contributed by atoms with van der Waals surface area (Å²) in [5.41, 5.74) is 4.03. The lowest BCUT2D eigenvalue weighted by atomic mass is 10.0. The van der Waals surface area contributed by atoms with E-state index in [4.69, 9.17) is 5.26 Å². The highest BCUT2D eigenvalue weighted by Crippen LogP contribution is 2.21. The fraction of sp³-hybridized carbons (Fsp3) is 0.0476. The maximum absolute atomic E-state index is 12.6. The SMILES string of the molecule is CN(C(=O)c1ccc(-c2ccccc2)cc1)c1cccc(C#N)c1. The molecule has 0 aromatic heterocycles. The molecule has 116 valence electrons. The van der Waals surface area contributed by atoms with Gasteiger partial charge in [-0.2, -0.15) is 5.26 Å². The first-order valence-electron chi connectivity index (χ1n) is 7.63. The minimum Gasteiger partial charge on any atom is -0.311 e. The summed E-state index contributed by atoms with van der Waals surface area (Å²) in [5.74, 6) is -0.107. The van der Waals surface area contributed by atoms with Crippen LogP contribution < -0.4 is 4.90 Å². The van der Waals surface area contributed by atoms with E-state index in [1.807, 2.05) is 60.7 Å². The molecule has 0 bridgehead atoms. The van der Waals surface area contributed by atoms with Gasteiger partial charge in [0.1, 0.15) is 0 Å². The molecule has 1 amide bonds. The number of nitrogens with zero attached hydrogens (tertiary/aromatic N) is 2. The van der Waals surface area contributed by atoms with Gasteiger partial charge in [-0.25, -0.2) is 0 Å². The Labute approximate surface area is 141 Å². The predicted molar refractivity (Wildman–Crippen MR) is 95.8 cm³/mol. The second-order valence-electron chi connectivity index (χ2n) is 5.47. The first kappa shape index (κ1) is 15.5. The lowest BCUT2D eigenvalue weighted by molar-refractivity contribution is 0.0993. The predicted octanol–water partition coefficient (Wildman–Crippen LogP) is 4.50. The van der Waals surface area contributed by atoms with Crippen molar-refractivity contribution in [1.29, 1.82) is 5.26 Å². The van der Waals surface area contributed by atoms with E-state index in [0.717, 1.165) is 11.1 Å². The summed E-state index contributed by atoms with van der Waals surface area (Å²) < 4.78 is 0. The van der Waals surface area contributed by atoms with Crippen LogP contribution in [0.25, 0.3) is 11.1 Å². The van der Waals surface area contributed by atoms with Gasteiger partial charge >= 0.3 is 0 Å². The van der Waals surface area contributed by atoms with Gasteiger partial charge in [-0.3, -0.25) is 4.79 Å².